The number of imidazole rings is 1. The molecule has 148 valence electrons. The average molecular weight is 387 g/mol. The normalized spacial score (nSPS) is 11.1. The second kappa shape index (κ2) is 7.91. The first-order chi connectivity index (χ1) is 14.0. The molecule has 6 heteroatoms. The number of aromatic nitrogens is 4. The molecular formula is C23H25N5O. The second-order valence-corrected chi connectivity index (χ2v) is 7.24. The van der Waals surface area contributed by atoms with E-state index < -0.39 is 0 Å². The summed E-state index contributed by atoms with van der Waals surface area (Å²) in [7, 11) is 0. The monoisotopic (exact) mass is 387 g/mol. The molecule has 0 aliphatic carbocycles. The molecule has 0 atom stereocenters. The summed E-state index contributed by atoms with van der Waals surface area (Å²) < 4.78 is 4.03. The Bertz CT molecular complexity index is 1160. The standard InChI is InChI=1S/C23H25N5O/c1-16-22(17(2)28(26-16)15-19-9-5-4-6-10-19)23(29)24-13-14-27-18(3)25-20-11-7-8-12-21(20)27/h4-12H,13-15H2,1-3H3,(H,24,29). The fraction of sp³-hybridized carbons (Fsp3) is 0.261. The van der Waals surface area contributed by atoms with E-state index in [0.717, 1.165) is 33.8 Å². The van der Waals surface area contributed by atoms with Gasteiger partial charge in [-0.15, -0.1) is 0 Å². The molecule has 2 heterocycles. The fourth-order valence-corrected chi connectivity index (χ4v) is 3.78. The lowest BCUT2D eigenvalue weighted by molar-refractivity contribution is 0.0951. The zero-order valence-corrected chi connectivity index (χ0v) is 17.0. The Morgan fingerprint density at radius 3 is 2.52 bits per heavy atom. The van der Waals surface area contributed by atoms with Gasteiger partial charge in [0, 0.05) is 18.8 Å². The minimum atomic E-state index is -0.0821. The van der Waals surface area contributed by atoms with Crippen molar-refractivity contribution in [3.63, 3.8) is 0 Å². The van der Waals surface area contributed by atoms with Gasteiger partial charge in [0.25, 0.3) is 5.91 Å². The van der Waals surface area contributed by atoms with E-state index in [9.17, 15) is 4.79 Å². The van der Waals surface area contributed by atoms with Gasteiger partial charge in [-0.2, -0.15) is 5.10 Å². The van der Waals surface area contributed by atoms with Crippen LogP contribution < -0.4 is 5.32 Å². The number of nitrogens with one attached hydrogen (secondary N) is 1. The van der Waals surface area contributed by atoms with Crippen molar-refractivity contribution in [2.24, 2.45) is 0 Å². The van der Waals surface area contributed by atoms with E-state index in [2.05, 4.69) is 38.2 Å². The van der Waals surface area contributed by atoms with E-state index in [0.29, 0.717) is 25.2 Å². The molecule has 1 amide bonds. The summed E-state index contributed by atoms with van der Waals surface area (Å²) in [5, 5.41) is 7.63. The fourth-order valence-electron chi connectivity index (χ4n) is 3.78. The van der Waals surface area contributed by atoms with Gasteiger partial charge in [-0.3, -0.25) is 9.48 Å². The van der Waals surface area contributed by atoms with Crippen LogP contribution in [-0.2, 0) is 13.1 Å². The molecule has 0 saturated heterocycles. The molecule has 4 rings (SSSR count). The zero-order valence-electron chi connectivity index (χ0n) is 17.0. The molecule has 1 N–H and O–H groups in total. The van der Waals surface area contributed by atoms with Crippen molar-refractivity contribution in [1.29, 1.82) is 0 Å². The SMILES string of the molecule is Cc1nn(Cc2ccccc2)c(C)c1C(=O)NCCn1c(C)nc2ccccc21. The Morgan fingerprint density at radius 1 is 1.00 bits per heavy atom. The lowest BCUT2D eigenvalue weighted by Gasteiger charge is -2.09. The highest BCUT2D eigenvalue weighted by molar-refractivity contribution is 5.96. The number of benzene rings is 2. The first-order valence-corrected chi connectivity index (χ1v) is 9.82. The van der Waals surface area contributed by atoms with Crippen molar-refractivity contribution in [1.82, 2.24) is 24.6 Å². The molecular weight excluding hydrogens is 362 g/mol. The van der Waals surface area contributed by atoms with Crippen LogP contribution >= 0.6 is 0 Å². The van der Waals surface area contributed by atoms with E-state index in [-0.39, 0.29) is 5.91 Å². The summed E-state index contributed by atoms with van der Waals surface area (Å²) in [5.74, 6) is 0.866. The largest absolute Gasteiger partial charge is 0.350 e. The van der Waals surface area contributed by atoms with Crippen LogP contribution in [0.3, 0.4) is 0 Å². The van der Waals surface area contributed by atoms with Gasteiger partial charge < -0.3 is 9.88 Å². The minimum absolute atomic E-state index is 0.0821. The summed E-state index contributed by atoms with van der Waals surface area (Å²) in [6, 6.07) is 18.2. The number of fused-ring (bicyclic) bond motifs is 1. The summed E-state index contributed by atoms with van der Waals surface area (Å²) in [4.78, 5) is 17.4. The smallest absolute Gasteiger partial charge is 0.255 e. The number of aryl methyl sites for hydroxylation is 2. The predicted octanol–water partition coefficient (Wildman–Crippen LogP) is 3.64. The van der Waals surface area contributed by atoms with Crippen LogP contribution in [0.4, 0.5) is 0 Å². The number of hydrogen-bond acceptors (Lipinski definition) is 3. The summed E-state index contributed by atoms with van der Waals surface area (Å²) in [5.41, 5.74) is 5.52. The van der Waals surface area contributed by atoms with Crippen molar-refractivity contribution >= 4 is 16.9 Å². The van der Waals surface area contributed by atoms with Gasteiger partial charge in [0.1, 0.15) is 5.82 Å². The first-order valence-electron chi connectivity index (χ1n) is 9.82. The molecule has 0 aliphatic rings. The van der Waals surface area contributed by atoms with Crippen LogP contribution in [0.2, 0.25) is 0 Å². The highest BCUT2D eigenvalue weighted by atomic mass is 16.1. The molecule has 6 nitrogen and oxygen atoms in total. The molecule has 0 unspecified atom stereocenters. The molecule has 29 heavy (non-hydrogen) atoms. The van der Waals surface area contributed by atoms with Gasteiger partial charge in [-0.1, -0.05) is 42.5 Å². The molecule has 0 aliphatic heterocycles. The Kier molecular flexibility index (Phi) is 5.16. The molecule has 0 radical (unpaired) electrons. The summed E-state index contributed by atoms with van der Waals surface area (Å²) in [6.07, 6.45) is 0. The number of amides is 1. The highest BCUT2D eigenvalue weighted by Gasteiger charge is 2.18. The minimum Gasteiger partial charge on any atom is -0.350 e. The summed E-state index contributed by atoms with van der Waals surface area (Å²) in [6.45, 7) is 7.68. The Hall–Kier alpha value is -3.41. The lowest BCUT2D eigenvalue weighted by Crippen LogP contribution is -2.28. The van der Waals surface area contributed by atoms with Gasteiger partial charge in [-0.05, 0) is 38.5 Å². The van der Waals surface area contributed by atoms with E-state index >= 15 is 0 Å². The molecule has 0 fully saturated rings. The van der Waals surface area contributed by atoms with Gasteiger partial charge in [-0.25, -0.2) is 4.98 Å². The van der Waals surface area contributed by atoms with Crippen LogP contribution in [0.15, 0.2) is 54.6 Å². The Labute approximate surface area is 170 Å². The maximum Gasteiger partial charge on any atom is 0.255 e. The van der Waals surface area contributed by atoms with Crippen molar-refractivity contribution in [2.75, 3.05) is 6.54 Å². The highest BCUT2D eigenvalue weighted by Crippen LogP contribution is 2.16. The van der Waals surface area contributed by atoms with Crippen LogP contribution in [0.5, 0.6) is 0 Å². The third kappa shape index (κ3) is 3.78. The average Bonchev–Trinajstić information content (AvgIpc) is 3.18. The molecule has 0 bridgehead atoms. The molecule has 2 aromatic heterocycles. The number of para-hydroxylation sites is 2. The second-order valence-electron chi connectivity index (χ2n) is 7.24. The van der Waals surface area contributed by atoms with Crippen molar-refractivity contribution in [3.05, 3.63) is 82.9 Å². The van der Waals surface area contributed by atoms with Crippen LogP contribution in [0.25, 0.3) is 11.0 Å². The van der Waals surface area contributed by atoms with Crippen molar-refractivity contribution < 1.29 is 4.79 Å². The number of hydrogen-bond donors (Lipinski definition) is 1. The Balaban J connectivity index is 1.45. The van der Waals surface area contributed by atoms with Gasteiger partial charge >= 0.3 is 0 Å². The quantitative estimate of drug-likeness (QED) is 0.549. The lowest BCUT2D eigenvalue weighted by atomic mass is 10.1. The van der Waals surface area contributed by atoms with Crippen molar-refractivity contribution in [3.8, 4) is 0 Å². The van der Waals surface area contributed by atoms with Crippen LogP contribution in [0.1, 0.15) is 33.1 Å². The maximum atomic E-state index is 12.8. The third-order valence-electron chi connectivity index (χ3n) is 5.25. The molecule has 0 spiro atoms. The first kappa shape index (κ1) is 18.9. The van der Waals surface area contributed by atoms with Gasteiger partial charge in [0.15, 0.2) is 0 Å². The third-order valence-corrected chi connectivity index (χ3v) is 5.25. The van der Waals surface area contributed by atoms with E-state index in [1.165, 1.54) is 0 Å². The molecule has 4 aromatic rings. The van der Waals surface area contributed by atoms with Gasteiger partial charge in [0.2, 0.25) is 0 Å². The van der Waals surface area contributed by atoms with Gasteiger partial charge in [0.05, 0.1) is 28.8 Å². The summed E-state index contributed by atoms with van der Waals surface area (Å²) >= 11 is 0. The number of carbonyl (C=O) groups is 1. The maximum absolute atomic E-state index is 12.8. The van der Waals surface area contributed by atoms with Crippen LogP contribution in [-0.4, -0.2) is 31.8 Å². The number of rotatable bonds is 6. The Morgan fingerprint density at radius 2 is 1.72 bits per heavy atom. The van der Waals surface area contributed by atoms with E-state index in [1.807, 2.05) is 61.9 Å². The molecule has 0 saturated carbocycles. The van der Waals surface area contributed by atoms with Crippen molar-refractivity contribution in [2.45, 2.75) is 33.9 Å². The molecule has 2 aromatic carbocycles. The van der Waals surface area contributed by atoms with E-state index in [4.69, 9.17) is 0 Å². The number of carbonyl (C=O) groups excluding carboxylic acids is 1. The van der Waals surface area contributed by atoms with E-state index in [1.54, 1.807) is 0 Å². The number of nitrogens with zero attached hydrogens (tertiary/aromatic N) is 4. The zero-order chi connectivity index (χ0) is 20.4. The predicted molar refractivity (Wildman–Crippen MR) is 114 cm³/mol. The topological polar surface area (TPSA) is 64.7 Å². The van der Waals surface area contributed by atoms with Crippen LogP contribution in [0, 0.1) is 20.8 Å².